The quantitative estimate of drug-likeness (QED) is 0.518. The first-order valence-electron chi connectivity index (χ1n) is 3.75. The number of carbonyl (C=O) groups is 1. The first-order valence-corrected chi connectivity index (χ1v) is 3.75. The summed E-state index contributed by atoms with van der Waals surface area (Å²) in [5, 5.41) is 0. The van der Waals surface area contributed by atoms with E-state index in [2.05, 4.69) is 0 Å². The maximum atomic E-state index is 12.1. The van der Waals surface area contributed by atoms with Gasteiger partial charge in [-0.3, -0.25) is 4.79 Å². The van der Waals surface area contributed by atoms with Gasteiger partial charge in [-0.2, -0.15) is 4.39 Å². The fourth-order valence-corrected chi connectivity index (χ4v) is 0.942. The highest BCUT2D eigenvalue weighted by Crippen LogP contribution is 2.08. The molecule has 68 valence electrons. The van der Waals surface area contributed by atoms with Crippen LogP contribution in [-0.4, -0.2) is 6.04 Å². The largest absolute Gasteiger partial charge is 0.324 e. The number of hydrogen-bond donors (Lipinski definition) is 0. The van der Waals surface area contributed by atoms with E-state index in [-0.39, 0.29) is 0 Å². The van der Waals surface area contributed by atoms with Gasteiger partial charge in [0.2, 0.25) is 0 Å². The lowest BCUT2D eigenvalue weighted by Crippen LogP contribution is -1.81. The minimum Gasteiger partial charge on any atom is -0.256 e. The number of allylic oxidation sites excluding steroid dienone is 1. The molecule has 0 aromatic heterocycles. The Labute approximate surface area is 74.7 Å². The predicted molar refractivity (Wildman–Crippen MR) is 46.4 cm³/mol. The minimum atomic E-state index is -1.51. The van der Waals surface area contributed by atoms with E-state index in [0.717, 1.165) is 6.08 Å². The topological polar surface area (TPSA) is 17.1 Å². The van der Waals surface area contributed by atoms with Gasteiger partial charge in [0.05, 0.1) is 0 Å². The van der Waals surface area contributed by atoms with Crippen molar-refractivity contribution in [2.45, 2.75) is 6.67 Å². The van der Waals surface area contributed by atoms with Crippen LogP contribution >= 0.6 is 0 Å². The standard InChI is InChI=1S/C10H8F2O/c11-7-9-3-1-2-8(6-9)4-5-10(12)13/h1-6H,7H2. The van der Waals surface area contributed by atoms with Gasteiger partial charge in [0.15, 0.2) is 0 Å². The molecule has 0 heterocycles. The van der Waals surface area contributed by atoms with Crippen LogP contribution in [0.5, 0.6) is 0 Å². The zero-order valence-electron chi connectivity index (χ0n) is 6.84. The van der Waals surface area contributed by atoms with Crippen LogP contribution in [0.15, 0.2) is 30.3 Å². The number of halogens is 2. The number of rotatable bonds is 3. The summed E-state index contributed by atoms with van der Waals surface area (Å²) < 4.78 is 23.9. The van der Waals surface area contributed by atoms with Crippen LogP contribution in [0.4, 0.5) is 8.78 Å². The van der Waals surface area contributed by atoms with Crippen molar-refractivity contribution in [1.82, 2.24) is 0 Å². The Morgan fingerprint density at radius 3 is 2.85 bits per heavy atom. The van der Waals surface area contributed by atoms with Crippen molar-refractivity contribution in [2.24, 2.45) is 0 Å². The molecule has 1 aromatic carbocycles. The third kappa shape index (κ3) is 3.15. The zero-order valence-corrected chi connectivity index (χ0v) is 6.84. The first kappa shape index (κ1) is 9.58. The molecule has 1 rings (SSSR count). The highest BCUT2D eigenvalue weighted by molar-refractivity contribution is 5.86. The molecule has 0 fully saturated rings. The Kier molecular flexibility index (Phi) is 3.31. The van der Waals surface area contributed by atoms with Crippen LogP contribution in [0.3, 0.4) is 0 Å². The van der Waals surface area contributed by atoms with Gasteiger partial charge < -0.3 is 0 Å². The summed E-state index contributed by atoms with van der Waals surface area (Å²) in [6, 6.07) is 4.98. The van der Waals surface area contributed by atoms with Gasteiger partial charge in [0.25, 0.3) is 0 Å². The molecule has 0 atom stereocenters. The van der Waals surface area contributed by atoms with Crippen LogP contribution in [0.1, 0.15) is 11.1 Å². The summed E-state index contributed by atoms with van der Waals surface area (Å²) in [5.74, 6) is 0. The smallest absolute Gasteiger partial charge is 0.256 e. The van der Waals surface area contributed by atoms with Gasteiger partial charge in [-0.25, -0.2) is 4.39 Å². The Hall–Kier alpha value is -1.51. The van der Waals surface area contributed by atoms with E-state index < -0.39 is 12.7 Å². The molecule has 13 heavy (non-hydrogen) atoms. The predicted octanol–water partition coefficient (Wildman–Crippen LogP) is 2.67. The molecule has 0 amide bonds. The molecule has 0 N–H and O–H groups in total. The fourth-order valence-electron chi connectivity index (χ4n) is 0.942. The molecule has 0 aliphatic carbocycles. The van der Waals surface area contributed by atoms with Gasteiger partial charge >= 0.3 is 6.04 Å². The number of hydrogen-bond acceptors (Lipinski definition) is 1. The molecule has 3 heteroatoms. The molecule has 0 unspecified atom stereocenters. The maximum Gasteiger partial charge on any atom is 0.324 e. The molecule has 1 aromatic rings. The SMILES string of the molecule is O=C(F)C=Cc1cccc(CF)c1. The second-order valence-electron chi connectivity index (χ2n) is 2.52. The Morgan fingerprint density at radius 2 is 2.23 bits per heavy atom. The number of alkyl halides is 1. The lowest BCUT2D eigenvalue weighted by Gasteiger charge is -1.95. The lowest BCUT2D eigenvalue weighted by molar-refractivity contribution is -0.124. The summed E-state index contributed by atoms with van der Waals surface area (Å²) >= 11 is 0. The summed E-state index contributed by atoms with van der Waals surface area (Å²) in [5.41, 5.74) is 1.12. The van der Waals surface area contributed by atoms with Crippen LogP contribution in [0.25, 0.3) is 6.08 Å². The van der Waals surface area contributed by atoms with Crippen molar-refractivity contribution in [3.8, 4) is 0 Å². The molecule has 0 aliphatic rings. The van der Waals surface area contributed by atoms with Crippen LogP contribution in [0, 0.1) is 0 Å². The average Bonchev–Trinajstić information content (AvgIpc) is 2.15. The van der Waals surface area contributed by atoms with E-state index in [1.165, 1.54) is 6.08 Å². The van der Waals surface area contributed by atoms with Gasteiger partial charge in [-0.15, -0.1) is 0 Å². The molecule has 1 nitrogen and oxygen atoms in total. The van der Waals surface area contributed by atoms with Crippen molar-refractivity contribution in [2.75, 3.05) is 0 Å². The summed E-state index contributed by atoms with van der Waals surface area (Å²) in [7, 11) is 0. The Balaban J connectivity index is 2.83. The second kappa shape index (κ2) is 4.50. The maximum absolute atomic E-state index is 12.1. The Bertz CT molecular complexity index is 331. The fraction of sp³-hybridized carbons (Fsp3) is 0.100. The van der Waals surface area contributed by atoms with Crippen molar-refractivity contribution < 1.29 is 13.6 Å². The molecule has 0 radical (unpaired) electrons. The van der Waals surface area contributed by atoms with Crippen molar-refractivity contribution in [3.63, 3.8) is 0 Å². The Morgan fingerprint density at radius 1 is 1.46 bits per heavy atom. The average molecular weight is 182 g/mol. The van der Waals surface area contributed by atoms with E-state index in [1.54, 1.807) is 24.3 Å². The van der Waals surface area contributed by atoms with E-state index in [1.807, 2.05) is 0 Å². The third-order valence-corrected chi connectivity index (χ3v) is 1.51. The van der Waals surface area contributed by atoms with Gasteiger partial charge in [0, 0.05) is 6.08 Å². The van der Waals surface area contributed by atoms with E-state index >= 15 is 0 Å². The molecular formula is C10H8F2O. The molecule has 0 aliphatic heterocycles. The summed E-state index contributed by atoms with van der Waals surface area (Å²) in [4.78, 5) is 9.94. The van der Waals surface area contributed by atoms with Crippen LogP contribution in [0.2, 0.25) is 0 Å². The first-order chi connectivity index (χ1) is 6.22. The van der Waals surface area contributed by atoms with Crippen molar-refractivity contribution >= 4 is 12.1 Å². The minimum absolute atomic E-state index is 0.508. The highest BCUT2D eigenvalue weighted by atomic mass is 19.1. The molecule has 0 spiro atoms. The van der Waals surface area contributed by atoms with Gasteiger partial charge in [-0.1, -0.05) is 18.2 Å². The van der Waals surface area contributed by atoms with Crippen molar-refractivity contribution in [3.05, 3.63) is 41.5 Å². The second-order valence-corrected chi connectivity index (χ2v) is 2.52. The number of carbonyl (C=O) groups excluding carboxylic acids is 1. The lowest BCUT2D eigenvalue weighted by atomic mass is 10.1. The van der Waals surface area contributed by atoms with Gasteiger partial charge in [-0.05, 0) is 23.3 Å². The summed E-state index contributed by atoms with van der Waals surface area (Å²) in [6.45, 7) is -0.564. The van der Waals surface area contributed by atoms with E-state index in [4.69, 9.17) is 0 Å². The van der Waals surface area contributed by atoms with Gasteiger partial charge in [0.1, 0.15) is 6.67 Å². The highest BCUT2D eigenvalue weighted by Gasteiger charge is 1.93. The molecule has 0 saturated heterocycles. The van der Waals surface area contributed by atoms with Crippen LogP contribution in [-0.2, 0) is 11.5 Å². The molecule has 0 saturated carbocycles. The third-order valence-electron chi connectivity index (χ3n) is 1.51. The van der Waals surface area contributed by atoms with Crippen LogP contribution < -0.4 is 0 Å². The van der Waals surface area contributed by atoms with E-state index in [0.29, 0.717) is 11.1 Å². The zero-order chi connectivity index (χ0) is 9.68. The number of benzene rings is 1. The monoisotopic (exact) mass is 182 g/mol. The van der Waals surface area contributed by atoms with E-state index in [9.17, 15) is 13.6 Å². The summed E-state index contributed by atoms with van der Waals surface area (Å²) in [6.07, 6.45) is 2.11. The normalized spacial score (nSPS) is 10.6. The van der Waals surface area contributed by atoms with Crippen molar-refractivity contribution in [1.29, 1.82) is 0 Å². The molecule has 0 bridgehead atoms. The molecular weight excluding hydrogens is 174 g/mol.